The van der Waals surface area contributed by atoms with Crippen LogP contribution in [-0.2, 0) is 13.9 Å². The van der Waals surface area contributed by atoms with Crippen molar-refractivity contribution in [3.8, 4) is 0 Å². The molecule has 0 unspecified atom stereocenters. The van der Waals surface area contributed by atoms with Crippen LogP contribution in [0.5, 0.6) is 0 Å². The van der Waals surface area contributed by atoms with Gasteiger partial charge in [-0.1, -0.05) is 44.0 Å². The number of rotatable bonds is 2. The SMILES string of the molecule is COC(=O)[C@](C)(Br)c1ccc(Br)cc1. The lowest BCUT2D eigenvalue weighted by atomic mass is 10.0. The van der Waals surface area contributed by atoms with Gasteiger partial charge in [0.2, 0.25) is 0 Å². The van der Waals surface area contributed by atoms with Crippen LogP contribution in [0.3, 0.4) is 0 Å². The molecule has 0 fully saturated rings. The van der Waals surface area contributed by atoms with Crippen molar-refractivity contribution in [2.45, 2.75) is 11.2 Å². The van der Waals surface area contributed by atoms with Gasteiger partial charge in [0.05, 0.1) is 7.11 Å². The Hall–Kier alpha value is -0.350. The summed E-state index contributed by atoms with van der Waals surface area (Å²) in [5, 5.41) is 0. The maximum Gasteiger partial charge on any atom is 0.326 e. The smallest absolute Gasteiger partial charge is 0.326 e. The van der Waals surface area contributed by atoms with E-state index < -0.39 is 4.32 Å². The molecule has 0 radical (unpaired) electrons. The average molecular weight is 322 g/mol. The molecule has 0 aliphatic carbocycles. The number of carbonyl (C=O) groups is 1. The molecule has 2 nitrogen and oxygen atoms in total. The molecule has 0 aromatic heterocycles. The van der Waals surface area contributed by atoms with Gasteiger partial charge in [0, 0.05) is 4.47 Å². The van der Waals surface area contributed by atoms with Crippen molar-refractivity contribution in [2.75, 3.05) is 7.11 Å². The van der Waals surface area contributed by atoms with Crippen LogP contribution in [0.25, 0.3) is 0 Å². The predicted octanol–water partition coefficient (Wildman–Crippen LogP) is 3.23. The van der Waals surface area contributed by atoms with E-state index in [2.05, 4.69) is 31.9 Å². The predicted molar refractivity (Wildman–Crippen MR) is 62.4 cm³/mol. The second kappa shape index (κ2) is 4.45. The number of carbonyl (C=O) groups excluding carboxylic acids is 1. The van der Waals surface area contributed by atoms with Crippen LogP contribution in [0.2, 0.25) is 0 Å². The molecule has 0 aliphatic heterocycles. The second-order valence-electron chi connectivity index (χ2n) is 3.00. The number of esters is 1. The number of hydrogen-bond acceptors (Lipinski definition) is 2. The molecule has 0 bridgehead atoms. The Bertz CT molecular complexity index is 330. The van der Waals surface area contributed by atoms with Crippen molar-refractivity contribution in [3.63, 3.8) is 0 Å². The molecule has 0 spiro atoms. The third-order valence-corrected chi connectivity index (χ3v) is 3.27. The number of hydrogen-bond donors (Lipinski definition) is 0. The van der Waals surface area contributed by atoms with Crippen LogP contribution in [0.1, 0.15) is 12.5 Å². The summed E-state index contributed by atoms with van der Waals surface area (Å²) in [5.74, 6) is -0.306. The van der Waals surface area contributed by atoms with E-state index >= 15 is 0 Å². The summed E-state index contributed by atoms with van der Waals surface area (Å²) < 4.78 is 4.91. The van der Waals surface area contributed by atoms with Crippen molar-refractivity contribution in [1.82, 2.24) is 0 Å². The zero-order valence-electron chi connectivity index (χ0n) is 7.88. The van der Waals surface area contributed by atoms with Crippen LogP contribution in [0.4, 0.5) is 0 Å². The van der Waals surface area contributed by atoms with Gasteiger partial charge < -0.3 is 4.74 Å². The van der Waals surface area contributed by atoms with Crippen molar-refractivity contribution >= 4 is 37.8 Å². The van der Waals surface area contributed by atoms with E-state index in [1.165, 1.54) is 7.11 Å². The Kier molecular flexibility index (Phi) is 3.72. The molecule has 0 saturated carbocycles. The van der Waals surface area contributed by atoms with Crippen LogP contribution in [-0.4, -0.2) is 13.1 Å². The quantitative estimate of drug-likeness (QED) is 0.617. The number of halogens is 2. The Labute approximate surface area is 99.9 Å². The second-order valence-corrected chi connectivity index (χ2v) is 5.50. The maximum atomic E-state index is 11.4. The van der Waals surface area contributed by atoms with E-state index in [0.717, 1.165) is 10.0 Å². The van der Waals surface area contributed by atoms with Crippen molar-refractivity contribution in [1.29, 1.82) is 0 Å². The molecule has 0 heterocycles. The maximum absolute atomic E-state index is 11.4. The summed E-state index contributed by atoms with van der Waals surface area (Å²) in [6.45, 7) is 1.77. The summed E-state index contributed by atoms with van der Waals surface area (Å²) in [7, 11) is 1.38. The van der Waals surface area contributed by atoms with E-state index in [4.69, 9.17) is 4.74 Å². The fourth-order valence-electron chi connectivity index (χ4n) is 1.07. The summed E-state index contributed by atoms with van der Waals surface area (Å²) in [5.41, 5.74) is 0.868. The number of benzene rings is 1. The van der Waals surface area contributed by atoms with E-state index in [1.807, 2.05) is 24.3 Å². The highest BCUT2D eigenvalue weighted by molar-refractivity contribution is 9.10. The summed E-state index contributed by atoms with van der Waals surface area (Å²) in [6, 6.07) is 7.51. The highest BCUT2D eigenvalue weighted by Gasteiger charge is 2.32. The van der Waals surface area contributed by atoms with E-state index in [0.29, 0.717) is 0 Å². The van der Waals surface area contributed by atoms with E-state index in [9.17, 15) is 4.79 Å². The minimum Gasteiger partial charge on any atom is -0.468 e. The van der Waals surface area contributed by atoms with Gasteiger partial charge in [-0.15, -0.1) is 0 Å². The van der Waals surface area contributed by atoms with Gasteiger partial charge in [0.25, 0.3) is 0 Å². The molecule has 0 amide bonds. The van der Waals surface area contributed by atoms with Crippen molar-refractivity contribution in [2.24, 2.45) is 0 Å². The van der Waals surface area contributed by atoms with Gasteiger partial charge in [-0.25, -0.2) is 0 Å². The normalized spacial score (nSPS) is 14.6. The molecule has 76 valence electrons. The molecule has 0 N–H and O–H groups in total. The lowest BCUT2D eigenvalue weighted by Gasteiger charge is -2.19. The van der Waals surface area contributed by atoms with E-state index in [-0.39, 0.29) is 5.97 Å². The number of alkyl halides is 1. The Morgan fingerprint density at radius 1 is 1.36 bits per heavy atom. The number of methoxy groups -OCH3 is 1. The zero-order valence-corrected chi connectivity index (χ0v) is 11.1. The van der Waals surface area contributed by atoms with Crippen molar-refractivity contribution < 1.29 is 9.53 Å². The topological polar surface area (TPSA) is 26.3 Å². The first kappa shape index (κ1) is 11.7. The number of ether oxygens (including phenoxy) is 1. The summed E-state index contributed by atoms with van der Waals surface area (Å²) >= 11 is 6.69. The Morgan fingerprint density at radius 2 is 1.86 bits per heavy atom. The highest BCUT2D eigenvalue weighted by Crippen LogP contribution is 2.32. The van der Waals surface area contributed by atoms with Gasteiger partial charge in [-0.2, -0.15) is 0 Å². The molecular formula is C10H10Br2O2. The third kappa shape index (κ3) is 2.36. The lowest BCUT2D eigenvalue weighted by molar-refractivity contribution is -0.143. The molecule has 1 atom stereocenters. The first-order valence-electron chi connectivity index (χ1n) is 4.02. The summed E-state index contributed by atoms with van der Waals surface area (Å²) in [4.78, 5) is 11.4. The fourth-order valence-corrected chi connectivity index (χ4v) is 1.76. The minimum atomic E-state index is -0.775. The molecule has 1 aromatic carbocycles. The van der Waals surface area contributed by atoms with Crippen LogP contribution in [0.15, 0.2) is 28.7 Å². The van der Waals surface area contributed by atoms with Gasteiger partial charge in [-0.3, -0.25) is 4.79 Å². The van der Waals surface area contributed by atoms with Crippen LogP contribution < -0.4 is 0 Å². The molecular weight excluding hydrogens is 312 g/mol. The largest absolute Gasteiger partial charge is 0.468 e. The van der Waals surface area contributed by atoms with Gasteiger partial charge in [0.1, 0.15) is 4.32 Å². The minimum absolute atomic E-state index is 0.306. The van der Waals surface area contributed by atoms with Gasteiger partial charge in [-0.05, 0) is 24.6 Å². The molecule has 0 aliphatic rings. The standard InChI is InChI=1S/C10H10Br2O2/c1-10(12,9(13)14-2)7-3-5-8(11)6-4-7/h3-6H,1-2H3/t10-/m1/s1. The van der Waals surface area contributed by atoms with Crippen LogP contribution >= 0.6 is 31.9 Å². The monoisotopic (exact) mass is 320 g/mol. The average Bonchev–Trinajstić information content (AvgIpc) is 2.17. The first-order valence-corrected chi connectivity index (χ1v) is 5.60. The van der Waals surface area contributed by atoms with Crippen molar-refractivity contribution in [3.05, 3.63) is 34.3 Å². The lowest BCUT2D eigenvalue weighted by Crippen LogP contribution is -2.26. The van der Waals surface area contributed by atoms with Gasteiger partial charge >= 0.3 is 5.97 Å². The molecule has 0 saturated heterocycles. The van der Waals surface area contributed by atoms with E-state index in [1.54, 1.807) is 6.92 Å². The Balaban J connectivity index is 3.03. The Morgan fingerprint density at radius 3 is 2.29 bits per heavy atom. The van der Waals surface area contributed by atoms with Crippen LogP contribution in [0, 0.1) is 0 Å². The first-order chi connectivity index (χ1) is 6.48. The van der Waals surface area contributed by atoms with Gasteiger partial charge in [0.15, 0.2) is 0 Å². The molecule has 1 rings (SSSR count). The molecule has 4 heteroatoms. The molecule has 14 heavy (non-hydrogen) atoms. The molecule has 1 aromatic rings. The summed E-state index contributed by atoms with van der Waals surface area (Å²) in [6.07, 6.45) is 0. The zero-order chi connectivity index (χ0) is 10.8. The third-order valence-electron chi connectivity index (χ3n) is 1.96. The fraction of sp³-hybridized carbons (Fsp3) is 0.300. The highest BCUT2D eigenvalue weighted by atomic mass is 79.9.